The molecule has 6 nitrogen and oxygen atoms in total. The Morgan fingerprint density at radius 3 is 2.43 bits per heavy atom. The van der Waals surface area contributed by atoms with Gasteiger partial charge >= 0.3 is 0 Å². The van der Waals surface area contributed by atoms with Gasteiger partial charge in [0.15, 0.2) is 5.58 Å². The van der Waals surface area contributed by atoms with Gasteiger partial charge in [-0.05, 0) is 39.5 Å². The van der Waals surface area contributed by atoms with Crippen LogP contribution in [0.2, 0.25) is 0 Å². The fourth-order valence-corrected chi connectivity index (χ4v) is 5.92. The van der Waals surface area contributed by atoms with Crippen molar-refractivity contribution < 1.29 is 14.0 Å². The maximum atomic E-state index is 13.8. The SMILES string of the molecule is Cc1cc2c(cc3n2C[C@@](C)(C(=O)NC2CCCCC2)N(C2CCCCC2)C3=O)o1. The standard InChI is InChI=1S/C24H33N3O3/c1-16-13-19-21(30-16)14-20-22(28)27(18-11-7-4-8-12-18)24(2,15-26(19)20)23(29)25-17-9-5-3-6-10-17/h13-14,17-18H,3-12,15H2,1-2H3,(H,25,29)/t24-/m0/s1. The highest BCUT2D eigenvalue weighted by Gasteiger charge is 2.51. The number of aromatic nitrogens is 1. The summed E-state index contributed by atoms with van der Waals surface area (Å²) in [6.07, 6.45) is 11.1. The van der Waals surface area contributed by atoms with E-state index in [1.807, 2.05) is 35.4 Å². The van der Waals surface area contributed by atoms with Gasteiger partial charge in [-0.15, -0.1) is 0 Å². The third kappa shape index (κ3) is 3.15. The Morgan fingerprint density at radius 2 is 1.73 bits per heavy atom. The smallest absolute Gasteiger partial charge is 0.271 e. The van der Waals surface area contributed by atoms with Crippen LogP contribution < -0.4 is 5.32 Å². The molecule has 3 heterocycles. The van der Waals surface area contributed by atoms with E-state index in [1.165, 1.54) is 25.7 Å². The average molecular weight is 412 g/mol. The molecule has 0 spiro atoms. The zero-order valence-electron chi connectivity index (χ0n) is 18.2. The van der Waals surface area contributed by atoms with Gasteiger partial charge in [0, 0.05) is 24.2 Å². The van der Waals surface area contributed by atoms with Crippen molar-refractivity contribution in [3.05, 3.63) is 23.6 Å². The van der Waals surface area contributed by atoms with Gasteiger partial charge in [-0.1, -0.05) is 38.5 Å². The highest BCUT2D eigenvalue weighted by atomic mass is 16.3. The summed E-state index contributed by atoms with van der Waals surface area (Å²) in [4.78, 5) is 29.4. The van der Waals surface area contributed by atoms with Crippen LogP contribution in [0.15, 0.2) is 16.5 Å². The Bertz CT molecular complexity index is 962. The van der Waals surface area contributed by atoms with Gasteiger partial charge in [-0.25, -0.2) is 0 Å². The largest absolute Gasteiger partial charge is 0.460 e. The summed E-state index contributed by atoms with van der Waals surface area (Å²) in [5, 5.41) is 3.33. The molecule has 2 fully saturated rings. The van der Waals surface area contributed by atoms with Gasteiger partial charge in [0.2, 0.25) is 5.91 Å². The van der Waals surface area contributed by atoms with Crippen LogP contribution in [0, 0.1) is 6.92 Å². The van der Waals surface area contributed by atoms with Crippen LogP contribution in [-0.4, -0.2) is 38.9 Å². The zero-order chi connectivity index (χ0) is 20.9. The molecule has 1 N–H and O–H groups in total. The highest BCUT2D eigenvalue weighted by Crippen LogP contribution is 2.38. The number of hydrogen-bond acceptors (Lipinski definition) is 3. The van der Waals surface area contributed by atoms with Crippen molar-refractivity contribution in [1.82, 2.24) is 14.8 Å². The maximum absolute atomic E-state index is 13.8. The molecule has 1 atom stereocenters. The van der Waals surface area contributed by atoms with E-state index in [9.17, 15) is 9.59 Å². The molecular formula is C24H33N3O3. The van der Waals surface area contributed by atoms with Crippen LogP contribution >= 0.6 is 0 Å². The summed E-state index contributed by atoms with van der Waals surface area (Å²) in [7, 11) is 0. The van der Waals surface area contributed by atoms with Crippen molar-refractivity contribution >= 4 is 22.9 Å². The fraction of sp³-hybridized carbons (Fsp3) is 0.667. The number of aryl methyl sites for hydroxylation is 1. The summed E-state index contributed by atoms with van der Waals surface area (Å²) in [5.74, 6) is 0.797. The molecule has 0 bridgehead atoms. The fourth-order valence-electron chi connectivity index (χ4n) is 5.92. The van der Waals surface area contributed by atoms with E-state index in [1.54, 1.807) is 0 Å². The van der Waals surface area contributed by atoms with E-state index in [4.69, 9.17) is 4.42 Å². The Labute approximate surface area is 178 Å². The van der Waals surface area contributed by atoms with Crippen molar-refractivity contribution in [2.24, 2.45) is 0 Å². The molecular weight excluding hydrogens is 378 g/mol. The monoisotopic (exact) mass is 411 g/mol. The van der Waals surface area contributed by atoms with Gasteiger partial charge in [-0.2, -0.15) is 0 Å². The minimum Gasteiger partial charge on any atom is -0.460 e. The van der Waals surface area contributed by atoms with Crippen LogP contribution in [0.5, 0.6) is 0 Å². The third-order valence-corrected chi connectivity index (χ3v) is 7.52. The molecule has 2 saturated carbocycles. The number of fused-ring (bicyclic) bond motifs is 3. The topological polar surface area (TPSA) is 67.5 Å². The summed E-state index contributed by atoms with van der Waals surface area (Å²) in [6, 6.07) is 4.19. The van der Waals surface area contributed by atoms with E-state index in [0.717, 1.165) is 55.4 Å². The van der Waals surface area contributed by atoms with E-state index < -0.39 is 5.54 Å². The first-order valence-electron chi connectivity index (χ1n) is 11.7. The average Bonchev–Trinajstić information content (AvgIpc) is 3.26. The molecule has 0 unspecified atom stereocenters. The van der Waals surface area contributed by atoms with Crippen LogP contribution in [0.3, 0.4) is 0 Å². The van der Waals surface area contributed by atoms with E-state index in [-0.39, 0.29) is 23.9 Å². The number of hydrogen-bond donors (Lipinski definition) is 1. The predicted octanol–water partition coefficient (Wildman–Crippen LogP) is 4.54. The molecule has 2 aromatic heterocycles. The van der Waals surface area contributed by atoms with Crippen molar-refractivity contribution in [2.75, 3.05) is 0 Å². The molecule has 5 rings (SSSR count). The van der Waals surface area contributed by atoms with Crippen molar-refractivity contribution in [3.8, 4) is 0 Å². The highest BCUT2D eigenvalue weighted by molar-refractivity contribution is 6.03. The lowest BCUT2D eigenvalue weighted by molar-refractivity contribution is -0.135. The molecule has 3 aliphatic rings. The van der Waals surface area contributed by atoms with E-state index in [0.29, 0.717) is 12.2 Å². The summed E-state index contributed by atoms with van der Waals surface area (Å²) < 4.78 is 7.82. The summed E-state index contributed by atoms with van der Waals surface area (Å²) in [5.41, 5.74) is 1.41. The third-order valence-electron chi connectivity index (χ3n) is 7.52. The lowest BCUT2D eigenvalue weighted by Crippen LogP contribution is -2.67. The number of nitrogens with one attached hydrogen (secondary N) is 1. The van der Waals surface area contributed by atoms with Gasteiger partial charge in [0.1, 0.15) is 17.0 Å². The summed E-state index contributed by atoms with van der Waals surface area (Å²) in [6.45, 7) is 4.37. The number of carbonyl (C=O) groups excluding carboxylic acids is 2. The number of amides is 2. The van der Waals surface area contributed by atoms with Crippen molar-refractivity contribution in [1.29, 1.82) is 0 Å². The quantitative estimate of drug-likeness (QED) is 0.806. The minimum atomic E-state index is -0.888. The Hall–Kier alpha value is -2.24. The molecule has 1 aliphatic heterocycles. The lowest BCUT2D eigenvalue weighted by atomic mass is 9.86. The normalized spacial score (nSPS) is 26.2. The van der Waals surface area contributed by atoms with E-state index in [2.05, 4.69) is 5.32 Å². The van der Waals surface area contributed by atoms with Gasteiger partial charge in [0.05, 0.1) is 12.1 Å². The molecule has 162 valence electrons. The number of rotatable bonds is 3. The second-order valence-electron chi connectivity index (χ2n) is 9.77. The Balaban J connectivity index is 1.54. The van der Waals surface area contributed by atoms with Gasteiger partial charge in [-0.3, -0.25) is 9.59 Å². The van der Waals surface area contributed by atoms with Crippen LogP contribution in [0.4, 0.5) is 0 Å². The first-order chi connectivity index (χ1) is 14.5. The molecule has 2 amide bonds. The first kappa shape index (κ1) is 19.7. The zero-order valence-corrected chi connectivity index (χ0v) is 18.2. The summed E-state index contributed by atoms with van der Waals surface area (Å²) >= 11 is 0. The maximum Gasteiger partial charge on any atom is 0.271 e. The van der Waals surface area contributed by atoms with Crippen LogP contribution in [-0.2, 0) is 11.3 Å². The first-order valence-corrected chi connectivity index (χ1v) is 11.7. The lowest BCUT2D eigenvalue weighted by Gasteiger charge is -2.49. The molecule has 0 radical (unpaired) electrons. The second-order valence-corrected chi connectivity index (χ2v) is 9.77. The molecule has 2 aromatic rings. The molecule has 30 heavy (non-hydrogen) atoms. The van der Waals surface area contributed by atoms with Crippen molar-refractivity contribution in [3.63, 3.8) is 0 Å². The number of nitrogens with zero attached hydrogens (tertiary/aromatic N) is 2. The minimum absolute atomic E-state index is 0.000963. The Kier molecular flexibility index (Phi) is 4.91. The van der Waals surface area contributed by atoms with Gasteiger partial charge in [0.25, 0.3) is 5.91 Å². The molecule has 6 heteroatoms. The van der Waals surface area contributed by atoms with Crippen molar-refractivity contribution in [2.45, 2.75) is 102 Å². The number of carbonyl (C=O) groups is 2. The van der Waals surface area contributed by atoms with Crippen LogP contribution in [0.1, 0.15) is 87.4 Å². The Morgan fingerprint density at radius 1 is 1.07 bits per heavy atom. The molecule has 2 aliphatic carbocycles. The number of furan rings is 1. The van der Waals surface area contributed by atoms with Gasteiger partial charge < -0.3 is 19.2 Å². The van der Waals surface area contributed by atoms with E-state index >= 15 is 0 Å². The predicted molar refractivity (Wildman–Crippen MR) is 115 cm³/mol. The molecule has 0 aromatic carbocycles. The second kappa shape index (κ2) is 7.47. The molecule has 0 saturated heterocycles. The van der Waals surface area contributed by atoms with Crippen LogP contribution in [0.25, 0.3) is 11.1 Å².